The zero-order valence-corrected chi connectivity index (χ0v) is 13.8. The number of carbonyl (C=O) groups excluding carboxylic acids is 2. The maximum absolute atomic E-state index is 11.6. The third-order valence-electron chi connectivity index (χ3n) is 2.38. The molecule has 0 saturated heterocycles. The van der Waals surface area contributed by atoms with E-state index in [4.69, 9.17) is 21.1 Å². The SMILES string of the molecule is COC(=O)c1ccc(Cl)cc1OCCNC(=O)OC(C)(C)C. The fourth-order valence-corrected chi connectivity index (χ4v) is 1.68. The number of methoxy groups -OCH3 is 1. The molecule has 0 saturated carbocycles. The van der Waals surface area contributed by atoms with Crippen LogP contribution in [-0.4, -0.2) is 37.9 Å². The highest BCUT2D eigenvalue weighted by molar-refractivity contribution is 6.30. The van der Waals surface area contributed by atoms with E-state index in [1.807, 2.05) is 0 Å². The van der Waals surface area contributed by atoms with Crippen molar-refractivity contribution >= 4 is 23.7 Å². The van der Waals surface area contributed by atoms with E-state index in [1.54, 1.807) is 26.8 Å². The first-order valence-corrected chi connectivity index (χ1v) is 7.08. The largest absolute Gasteiger partial charge is 0.491 e. The van der Waals surface area contributed by atoms with Gasteiger partial charge in [0.05, 0.1) is 13.7 Å². The van der Waals surface area contributed by atoms with Crippen molar-refractivity contribution in [2.75, 3.05) is 20.3 Å². The van der Waals surface area contributed by atoms with Crippen LogP contribution in [0.3, 0.4) is 0 Å². The van der Waals surface area contributed by atoms with Gasteiger partial charge < -0.3 is 19.5 Å². The predicted octanol–water partition coefficient (Wildman–Crippen LogP) is 3.03. The van der Waals surface area contributed by atoms with E-state index in [2.05, 4.69) is 10.1 Å². The second-order valence-electron chi connectivity index (χ2n) is 5.41. The lowest BCUT2D eigenvalue weighted by Gasteiger charge is -2.19. The summed E-state index contributed by atoms with van der Waals surface area (Å²) >= 11 is 5.88. The van der Waals surface area contributed by atoms with Crippen LogP contribution in [0.2, 0.25) is 5.02 Å². The van der Waals surface area contributed by atoms with Crippen LogP contribution in [0.25, 0.3) is 0 Å². The molecule has 22 heavy (non-hydrogen) atoms. The van der Waals surface area contributed by atoms with E-state index >= 15 is 0 Å². The average Bonchev–Trinajstić information content (AvgIpc) is 2.41. The van der Waals surface area contributed by atoms with Crippen molar-refractivity contribution in [3.8, 4) is 5.75 Å². The standard InChI is InChI=1S/C15H20ClNO5/c1-15(2,3)22-14(19)17-7-8-21-12-9-10(16)5-6-11(12)13(18)20-4/h5-6,9H,7-8H2,1-4H3,(H,17,19). The highest BCUT2D eigenvalue weighted by atomic mass is 35.5. The Morgan fingerprint density at radius 1 is 1.27 bits per heavy atom. The van der Waals surface area contributed by atoms with Crippen molar-refractivity contribution in [2.24, 2.45) is 0 Å². The highest BCUT2D eigenvalue weighted by Crippen LogP contribution is 2.24. The van der Waals surface area contributed by atoms with E-state index in [-0.39, 0.29) is 18.7 Å². The second kappa shape index (κ2) is 7.89. The zero-order valence-electron chi connectivity index (χ0n) is 13.1. The molecule has 1 N–H and O–H groups in total. The van der Waals surface area contributed by atoms with Crippen LogP contribution >= 0.6 is 11.6 Å². The van der Waals surface area contributed by atoms with Crippen molar-refractivity contribution in [1.29, 1.82) is 0 Å². The molecule has 1 aromatic rings. The van der Waals surface area contributed by atoms with E-state index < -0.39 is 17.7 Å². The van der Waals surface area contributed by atoms with Gasteiger partial charge in [-0.1, -0.05) is 11.6 Å². The van der Waals surface area contributed by atoms with Gasteiger partial charge in [0, 0.05) is 5.02 Å². The number of esters is 1. The molecule has 0 unspecified atom stereocenters. The van der Waals surface area contributed by atoms with E-state index in [1.165, 1.54) is 19.2 Å². The van der Waals surface area contributed by atoms with Crippen molar-refractivity contribution in [3.05, 3.63) is 28.8 Å². The summed E-state index contributed by atoms with van der Waals surface area (Å²) in [5, 5.41) is 2.98. The van der Waals surface area contributed by atoms with Gasteiger partial charge in [-0.15, -0.1) is 0 Å². The van der Waals surface area contributed by atoms with Gasteiger partial charge in [0.25, 0.3) is 0 Å². The summed E-state index contributed by atoms with van der Waals surface area (Å²) < 4.78 is 15.2. The number of nitrogens with one attached hydrogen (secondary N) is 1. The Kier molecular flexibility index (Phi) is 6.49. The van der Waals surface area contributed by atoms with Gasteiger partial charge in [0.1, 0.15) is 23.5 Å². The molecule has 0 radical (unpaired) electrons. The molecule has 0 bridgehead atoms. The number of carbonyl (C=O) groups is 2. The number of benzene rings is 1. The molecule has 0 aliphatic heterocycles. The molecule has 0 aliphatic rings. The van der Waals surface area contributed by atoms with Gasteiger partial charge in [0.15, 0.2) is 0 Å². The minimum Gasteiger partial charge on any atom is -0.491 e. The number of hydrogen-bond acceptors (Lipinski definition) is 5. The summed E-state index contributed by atoms with van der Waals surface area (Å²) in [7, 11) is 1.28. The molecule has 6 nitrogen and oxygen atoms in total. The lowest BCUT2D eigenvalue weighted by molar-refractivity contribution is 0.0516. The molecule has 1 rings (SSSR count). The van der Waals surface area contributed by atoms with E-state index in [9.17, 15) is 9.59 Å². The predicted molar refractivity (Wildman–Crippen MR) is 82.5 cm³/mol. The van der Waals surface area contributed by atoms with Gasteiger partial charge in [-0.25, -0.2) is 9.59 Å². The third-order valence-corrected chi connectivity index (χ3v) is 2.61. The monoisotopic (exact) mass is 329 g/mol. The molecule has 0 heterocycles. The van der Waals surface area contributed by atoms with Crippen LogP contribution in [0.5, 0.6) is 5.75 Å². The Morgan fingerprint density at radius 3 is 2.55 bits per heavy atom. The molecule has 0 spiro atoms. The summed E-state index contributed by atoms with van der Waals surface area (Å²) in [5.41, 5.74) is -0.292. The Morgan fingerprint density at radius 2 is 1.95 bits per heavy atom. The van der Waals surface area contributed by atoms with E-state index in [0.29, 0.717) is 10.8 Å². The van der Waals surface area contributed by atoms with E-state index in [0.717, 1.165) is 0 Å². The quantitative estimate of drug-likeness (QED) is 0.664. The van der Waals surface area contributed by atoms with Crippen LogP contribution in [0.15, 0.2) is 18.2 Å². The van der Waals surface area contributed by atoms with Crippen LogP contribution in [0.1, 0.15) is 31.1 Å². The molecule has 7 heteroatoms. The van der Waals surface area contributed by atoms with Crippen molar-refractivity contribution in [2.45, 2.75) is 26.4 Å². The third kappa shape index (κ3) is 6.22. The van der Waals surface area contributed by atoms with Crippen LogP contribution < -0.4 is 10.1 Å². The normalized spacial score (nSPS) is 10.8. The maximum atomic E-state index is 11.6. The minimum atomic E-state index is -0.560. The summed E-state index contributed by atoms with van der Waals surface area (Å²) in [6, 6.07) is 4.60. The molecule has 1 amide bonds. The molecular weight excluding hydrogens is 310 g/mol. The molecule has 0 fully saturated rings. The van der Waals surface area contributed by atoms with Crippen LogP contribution in [-0.2, 0) is 9.47 Å². The molecule has 0 aliphatic carbocycles. The summed E-state index contributed by atoms with van der Waals surface area (Å²) in [6.07, 6.45) is -0.532. The highest BCUT2D eigenvalue weighted by Gasteiger charge is 2.16. The molecular formula is C15H20ClNO5. The first-order chi connectivity index (χ1) is 10.2. The number of halogens is 1. The topological polar surface area (TPSA) is 73.9 Å². The van der Waals surface area contributed by atoms with Crippen LogP contribution in [0, 0.1) is 0 Å². The fourth-order valence-electron chi connectivity index (χ4n) is 1.52. The average molecular weight is 330 g/mol. The van der Waals surface area contributed by atoms with Gasteiger partial charge in [0.2, 0.25) is 0 Å². The molecule has 122 valence electrons. The lowest BCUT2D eigenvalue weighted by Crippen LogP contribution is -2.34. The Hall–Kier alpha value is -1.95. The Bertz CT molecular complexity index is 539. The molecule has 0 aromatic heterocycles. The number of ether oxygens (including phenoxy) is 3. The van der Waals surface area contributed by atoms with Crippen LogP contribution in [0.4, 0.5) is 4.79 Å². The summed E-state index contributed by atoms with van der Waals surface area (Å²) in [6.45, 7) is 5.71. The lowest BCUT2D eigenvalue weighted by atomic mass is 10.2. The fraction of sp³-hybridized carbons (Fsp3) is 0.467. The second-order valence-corrected chi connectivity index (χ2v) is 5.85. The van der Waals surface area contributed by atoms with Crippen molar-refractivity contribution in [3.63, 3.8) is 0 Å². The van der Waals surface area contributed by atoms with Crippen molar-refractivity contribution < 1.29 is 23.8 Å². The number of rotatable bonds is 5. The molecule has 0 atom stereocenters. The van der Waals surface area contributed by atoms with Gasteiger partial charge in [-0.05, 0) is 39.0 Å². The Balaban J connectivity index is 2.53. The number of amides is 1. The van der Waals surface area contributed by atoms with Gasteiger partial charge >= 0.3 is 12.1 Å². The minimum absolute atomic E-state index is 0.156. The number of hydrogen-bond donors (Lipinski definition) is 1. The number of alkyl carbamates (subject to hydrolysis) is 1. The zero-order chi connectivity index (χ0) is 16.8. The first kappa shape index (κ1) is 18.1. The molecule has 1 aromatic carbocycles. The smallest absolute Gasteiger partial charge is 0.407 e. The maximum Gasteiger partial charge on any atom is 0.407 e. The summed E-state index contributed by atoms with van der Waals surface area (Å²) in [5.74, 6) is -0.225. The Labute approximate surface area is 134 Å². The first-order valence-electron chi connectivity index (χ1n) is 6.70. The van der Waals surface area contributed by atoms with Crippen molar-refractivity contribution in [1.82, 2.24) is 5.32 Å². The van der Waals surface area contributed by atoms with Gasteiger partial charge in [-0.2, -0.15) is 0 Å². The summed E-state index contributed by atoms with van der Waals surface area (Å²) in [4.78, 5) is 23.1. The van der Waals surface area contributed by atoms with Gasteiger partial charge in [-0.3, -0.25) is 0 Å².